The fourth-order valence-electron chi connectivity index (χ4n) is 3.94. The van der Waals surface area contributed by atoms with Gasteiger partial charge in [-0.1, -0.05) is 12.1 Å². The number of unbranched alkanes of at least 4 members (excludes halogenated alkanes) is 2. The van der Waals surface area contributed by atoms with Gasteiger partial charge in [-0.25, -0.2) is 0 Å². The normalized spacial score (nSPS) is 18.7. The van der Waals surface area contributed by atoms with Crippen LogP contribution in [0, 0.1) is 0 Å². The number of ether oxygens (including phenoxy) is 1. The van der Waals surface area contributed by atoms with Gasteiger partial charge in [-0.3, -0.25) is 29.4 Å². The summed E-state index contributed by atoms with van der Waals surface area (Å²) in [7, 11) is 1.94. The van der Waals surface area contributed by atoms with Crippen molar-refractivity contribution < 1.29 is 23.9 Å². The summed E-state index contributed by atoms with van der Waals surface area (Å²) >= 11 is 0. The molecular weight excluding hydrogens is 386 g/mol. The molecule has 1 aromatic carbocycles. The monoisotopic (exact) mass is 415 g/mol. The number of piperidine rings is 1. The van der Waals surface area contributed by atoms with Gasteiger partial charge in [0.05, 0.1) is 11.1 Å². The third-order valence-corrected chi connectivity index (χ3v) is 5.50. The molecule has 0 aromatic heterocycles. The summed E-state index contributed by atoms with van der Waals surface area (Å²) in [6, 6.07) is 4.28. The van der Waals surface area contributed by atoms with Crippen molar-refractivity contribution >= 4 is 23.6 Å². The Labute approximate surface area is 176 Å². The minimum atomic E-state index is -0.936. The van der Waals surface area contributed by atoms with Crippen LogP contribution >= 0.6 is 0 Å². The number of rotatable bonds is 11. The minimum Gasteiger partial charge on any atom is -0.381 e. The maximum atomic E-state index is 13.0. The molecule has 0 saturated carbocycles. The Morgan fingerprint density at radius 1 is 1.07 bits per heavy atom. The second-order valence-corrected chi connectivity index (χ2v) is 7.67. The van der Waals surface area contributed by atoms with Crippen LogP contribution in [0.3, 0.4) is 0 Å². The highest BCUT2D eigenvalue weighted by molar-refractivity contribution is 6.24. The minimum absolute atomic E-state index is 0.114. The van der Waals surface area contributed by atoms with Crippen molar-refractivity contribution in [2.75, 3.05) is 26.8 Å². The molecule has 0 bridgehead atoms. The molecule has 0 aliphatic carbocycles. The van der Waals surface area contributed by atoms with Crippen LogP contribution in [0.1, 0.15) is 64.8 Å². The molecule has 2 aliphatic rings. The second-order valence-electron chi connectivity index (χ2n) is 7.67. The number of imide groups is 2. The molecule has 1 unspecified atom stereocenters. The molecule has 2 N–H and O–H groups in total. The third-order valence-electron chi connectivity index (χ3n) is 5.50. The van der Waals surface area contributed by atoms with E-state index in [1.807, 2.05) is 13.1 Å². The van der Waals surface area contributed by atoms with Crippen LogP contribution in [0.5, 0.6) is 0 Å². The van der Waals surface area contributed by atoms with E-state index in [-0.39, 0.29) is 18.7 Å². The first-order valence-electron chi connectivity index (χ1n) is 10.6. The largest absolute Gasteiger partial charge is 0.381 e. The Bertz CT molecular complexity index is 823. The lowest BCUT2D eigenvalue weighted by Gasteiger charge is -2.27. The fraction of sp³-hybridized carbons (Fsp3) is 0.545. The van der Waals surface area contributed by atoms with Crippen molar-refractivity contribution in [2.24, 2.45) is 0 Å². The number of hydrogen-bond donors (Lipinski definition) is 2. The van der Waals surface area contributed by atoms with Gasteiger partial charge in [0, 0.05) is 19.6 Å². The number of carbonyl (C=O) groups excluding carboxylic acids is 4. The SMILES string of the molecule is CNCCCCCOCCCc1cccc2c1C(=O)N(C1CCC(=O)NC1=O)C2=O. The number of fused-ring (bicyclic) bond motifs is 1. The molecule has 2 heterocycles. The highest BCUT2D eigenvalue weighted by Crippen LogP contribution is 2.30. The molecule has 8 heteroatoms. The Hall–Kier alpha value is -2.58. The number of aryl methyl sites for hydroxylation is 1. The first kappa shape index (κ1) is 22.1. The topological polar surface area (TPSA) is 105 Å². The van der Waals surface area contributed by atoms with E-state index in [1.165, 1.54) is 0 Å². The number of amides is 4. The van der Waals surface area contributed by atoms with Crippen LogP contribution in [0.4, 0.5) is 0 Å². The number of benzene rings is 1. The average molecular weight is 415 g/mol. The van der Waals surface area contributed by atoms with Crippen molar-refractivity contribution in [2.45, 2.75) is 51.0 Å². The molecule has 1 aromatic rings. The second kappa shape index (κ2) is 10.4. The highest BCUT2D eigenvalue weighted by atomic mass is 16.5. The maximum Gasteiger partial charge on any atom is 0.262 e. The highest BCUT2D eigenvalue weighted by Gasteiger charge is 2.45. The zero-order chi connectivity index (χ0) is 21.5. The molecule has 30 heavy (non-hydrogen) atoms. The van der Waals surface area contributed by atoms with Crippen molar-refractivity contribution in [3.63, 3.8) is 0 Å². The summed E-state index contributed by atoms with van der Waals surface area (Å²) in [6.07, 6.45) is 4.92. The lowest BCUT2D eigenvalue weighted by Crippen LogP contribution is -2.54. The van der Waals surface area contributed by atoms with Crippen molar-refractivity contribution in [3.8, 4) is 0 Å². The molecule has 2 aliphatic heterocycles. The molecular formula is C22H29N3O5. The molecule has 8 nitrogen and oxygen atoms in total. The Balaban J connectivity index is 1.56. The van der Waals surface area contributed by atoms with E-state index in [0.717, 1.165) is 49.3 Å². The molecule has 1 fully saturated rings. The Kier molecular flexibility index (Phi) is 7.70. The van der Waals surface area contributed by atoms with Crippen molar-refractivity contribution in [1.82, 2.24) is 15.5 Å². The summed E-state index contributed by atoms with van der Waals surface area (Å²) < 4.78 is 5.68. The fourth-order valence-corrected chi connectivity index (χ4v) is 3.94. The first-order valence-corrected chi connectivity index (χ1v) is 10.6. The number of hydrogen-bond acceptors (Lipinski definition) is 6. The van der Waals surface area contributed by atoms with Crippen molar-refractivity contribution in [3.05, 3.63) is 34.9 Å². The lowest BCUT2D eigenvalue weighted by molar-refractivity contribution is -0.136. The van der Waals surface area contributed by atoms with E-state index in [4.69, 9.17) is 4.74 Å². The molecule has 162 valence electrons. The smallest absolute Gasteiger partial charge is 0.262 e. The zero-order valence-electron chi connectivity index (χ0n) is 17.4. The Morgan fingerprint density at radius 2 is 1.87 bits per heavy atom. The van der Waals surface area contributed by atoms with Gasteiger partial charge in [-0.05, 0) is 63.7 Å². The zero-order valence-corrected chi connectivity index (χ0v) is 17.4. The van der Waals surface area contributed by atoms with Gasteiger partial charge >= 0.3 is 0 Å². The van der Waals surface area contributed by atoms with Crippen LogP contribution < -0.4 is 10.6 Å². The van der Waals surface area contributed by atoms with E-state index < -0.39 is 23.8 Å². The van der Waals surface area contributed by atoms with Crippen LogP contribution in [-0.2, 0) is 20.7 Å². The molecule has 0 spiro atoms. The van der Waals surface area contributed by atoms with Crippen LogP contribution in [0.15, 0.2) is 18.2 Å². The van der Waals surface area contributed by atoms with Gasteiger partial charge in [0.25, 0.3) is 11.8 Å². The standard InChI is InChI=1S/C22H29N3O5/c1-23-12-3-2-4-13-30-14-6-8-15-7-5-9-16-19(15)22(29)25(21(16)28)17-10-11-18(26)24-20(17)27/h5,7,9,17,23H,2-4,6,8,10-14H2,1H3,(H,24,26,27). The lowest BCUT2D eigenvalue weighted by atomic mass is 9.99. The maximum absolute atomic E-state index is 13.0. The van der Waals surface area contributed by atoms with Gasteiger partial charge in [0.2, 0.25) is 11.8 Å². The molecule has 0 radical (unpaired) electrons. The summed E-state index contributed by atoms with van der Waals surface area (Å²) in [4.78, 5) is 50.4. The van der Waals surface area contributed by atoms with E-state index in [0.29, 0.717) is 24.2 Å². The summed E-state index contributed by atoms with van der Waals surface area (Å²) in [5.74, 6) is -1.89. The van der Waals surface area contributed by atoms with E-state index in [9.17, 15) is 19.2 Å². The van der Waals surface area contributed by atoms with Gasteiger partial charge < -0.3 is 10.1 Å². The quantitative estimate of drug-likeness (QED) is 0.418. The van der Waals surface area contributed by atoms with Crippen LogP contribution in [0.2, 0.25) is 0 Å². The average Bonchev–Trinajstić information content (AvgIpc) is 2.98. The van der Waals surface area contributed by atoms with Crippen LogP contribution in [-0.4, -0.2) is 61.4 Å². The molecule has 1 atom stereocenters. The third kappa shape index (κ3) is 4.94. The number of carbonyl (C=O) groups is 4. The van der Waals surface area contributed by atoms with Gasteiger partial charge in [0.1, 0.15) is 6.04 Å². The molecule has 3 rings (SSSR count). The summed E-state index contributed by atoms with van der Waals surface area (Å²) in [5, 5.41) is 5.33. The van der Waals surface area contributed by atoms with E-state index >= 15 is 0 Å². The first-order chi connectivity index (χ1) is 14.5. The number of nitrogens with one attached hydrogen (secondary N) is 2. The van der Waals surface area contributed by atoms with Crippen molar-refractivity contribution in [1.29, 1.82) is 0 Å². The molecule has 1 saturated heterocycles. The van der Waals surface area contributed by atoms with Gasteiger partial charge in [-0.2, -0.15) is 0 Å². The Morgan fingerprint density at radius 3 is 2.63 bits per heavy atom. The summed E-state index contributed by atoms with van der Waals surface area (Å²) in [5.41, 5.74) is 1.49. The van der Waals surface area contributed by atoms with Gasteiger partial charge in [-0.15, -0.1) is 0 Å². The predicted octanol–water partition coefficient (Wildman–Crippen LogP) is 1.43. The summed E-state index contributed by atoms with van der Waals surface area (Å²) in [6.45, 7) is 2.33. The number of nitrogens with zero attached hydrogens (tertiary/aromatic N) is 1. The predicted molar refractivity (Wildman–Crippen MR) is 110 cm³/mol. The van der Waals surface area contributed by atoms with E-state index in [1.54, 1.807) is 12.1 Å². The van der Waals surface area contributed by atoms with Crippen LogP contribution in [0.25, 0.3) is 0 Å². The molecule has 4 amide bonds. The van der Waals surface area contributed by atoms with Gasteiger partial charge in [0.15, 0.2) is 0 Å². The van der Waals surface area contributed by atoms with E-state index in [2.05, 4.69) is 10.6 Å².